The van der Waals surface area contributed by atoms with Crippen LogP contribution >= 0.6 is 23.2 Å². The number of hydrogen-bond acceptors (Lipinski definition) is 2. The van der Waals surface area contributed by atoms with Crippen LogP contribution in [0.25, 0.3) is 5.57 Å². The minimum absolute atomic E-state index is 0.138. The zero-order valence-corrected chi connectivity index (χ0v) is 13.9. The number of carbonyl (C=O) groups is 1. The van der Waals surface area contributed by atoms with Crippen molar-refractivity contribution in [2.75, 3.05) is 7.11 Å². The van der Waals surface area contributed by atoms with E-state index in [4.69, 9.17) is 27.9 Å². The Morgan fingerprint density at radius 3 is 2.05 bits per heavy atom. The number of hydrogen-bond donors (Lipinski definition) is 0. The summed E-state index contributed by atoms with van der Waals surface area (Å²) in [7, 11) is -0.150. The number of Topliss-reactive ketones (excluding diaryl/α,β-unsaturated/α-hetero) is 1. The molecule has 0 spiro atoms. The van der Waals surface area contributed by atoms with E-state index in [2.05, 4.69) is 19.6 Å². The molecule has 2 rings (SSSR count). The van der Waals surface area contributed by atoms with E-state index >= 15 is 0 Å². The molecule has 0 aromatic heterocycles. The SMILES string of the molecule is COc1ccc(C2=C([Si](C)(C)C)C(=O)C2(Cl)Cl)cc1. The van der Waals surface area contributed by atoms with Gasteiger partial charge in [-0.25, -0.2) is 0 Å². The Morgan fingerprint density at radius 2 is 1.63 bits per heavy atom. The summed E-state index contributed by atoms with van der Waals surface area (Å²) in [6.07, 6.45) is 0. The molecule has 0 saturated carbocycles. The van der Waals surface area contributed by atoms with Gasteiger partial charge in [-0.05, 0) is 22.9 Å². The number of alkyl halides is 2. The third-order valence-electron chi connectivity index (χ3n) is 3.20. The molecule has 1 aromatic carbocycles. The van der Waals surface area contributed by atoms with Gasteiger partial charge in [0.1, 0.15) is 5.75 Å². The van der Waals surface area contributed by atoms with Crippen LogP contribution in [-0.2, 0) is 4.79 Å². The van der Waals surface area contributed by atoms with E-state index in [0.717, 1.165) is 22.1 Å². The molecular formula is C14H16Cl2O2Si. The Labute approximate surface area is 124 Å². The van der Waals surface area contributed by atoms with Crippen LogP contribution in [0, 0.1) is 0 Å². The van der Waals surface area contributed by atoms with E-state index in [1.54, 1.807) is 7.11 Å². The van der Waals surface area contributed by atoms with Gasteiger partial charge in [0.15, 0.2) is 5.78 Å². The highest BCUT2D eigenvalue weighted by molar-refractivity contribution is 6.94. The molecule has 0 N–H and O–H groups in total. The quantitative estimate of drug-likeness (QED) is 0.620. The van der Waals surface area contributed by atoms with Gasteiger partial charge in [-0.3, -0.25) is 4.79 Å². The van der Waals surface area contributed by atoms with Gasteiger partial charge in [-0.2, -0.15) is 0 Å². The first-order chi connectivity index (χ1) is 8.69. The third-order valence-corrected chi connectivity index (χ3v) is 5.90. The van der Waals surface area contributed by atoms with Crippen LogP contribution in [0.4, 0.5) is 0 Å². The molecule has 1 aromatic rings. The zero-order chi connectivity index (χ0) is 14.4. The largest absolute Gasteiger partial charge is 0.497 e. The Kier molecular flexibility index (Phi) is 3.58. The summed E-state index contributed by atoms with van der Waals surface area (Å²) < 4.78 is 3.73. The highest BCUT2D eigenvalue weighted by Gasteiger charge is 2.55. The standard InChI is InChI=1S/C14H16Cl2O2Si/c1-18-10-7-5-9(6-8-10)11-12(19(2,3)4)13(17)14(11,15)16/h5-8H,1-4H3. The van der Waals surface area contributed by atoms with E-state index in [1.807, 2.05) is 24.3 Å². The molecule has 102 valence electrons. The van der Waals surface area contributed by atoms with Crippen LogP contribution in [0.2, 0.25) is 19.6 Å². The average Bonchev–Trinajstić information content (AvgIpc) is 2.34. The van der Waals surface area contributed by atoms with Gasteiger partial charge in [-0.1, -0.05) is 55.0 Å². The van der Waals surface area contributed by atoms with Gasteiger partial charge in [0.2, 0.25) is 4.33 Å². The van der Waals surface area contributed by atoms with Gasteiger partial charge in [0.25, 0.3) is 0 Å². The Morgan fingerprint density at radius 1 is 1.11 bits per heavy atom. The molecule has 1 aliphatic rings. The summed E-state index contributed by atoms with van der Waals surface area (Å²) in [5, 5.41) is 0.836. The van der Waals surface area contributed by atoms with Crippen molar-refractivity contribution in [1.29, 1.82) is 0 Å². The van der Waals surface area contributed by atoms with Crippen molar-refractivity contribution in [2.24, 2.45) is 0 Å². The minimum atomic E-state index is -1.76. The highest BCUT2D eigenvalue weighted by Crippen LogP contribution is 2.52. The number of ketones is 1. The molecular weight excluding hydrogens is 299 g/mol. The van der Waals surface area contributed by atoms with Crippen molar-refractivity contribution in [3.8, 4) is 5.75 Å². The first-order valence-electron chi connectivity index (χ1n) is 6.02. The Hall–Kier alpha value is -0.773. The lowest BCUT2D eigenvalue weighted by Crippen LogP contribution is -2.49. The maximum Gasteiger partial charge on any atom is 0.205 e. The Bertz CT molecular complexity index is 554. The molecule has 0 unspecified atom stereocenters. The van der Waals surface area contributed by atoms with Crippen LogP contribution in [0.15, 0.2) is 29.5 Å². The lowest BCUT2D eigenvalue weighted by Gasteiger charge is -2.40. The monoisotopic (exact) mass is 314 g/mol. The number of halogens is 2. The van der Waals surface area contributed by atoms with Crippen molar-refractivity contribution in [1.82, 2.24) is 0 Å². The van der Waals surface area contributed by atoms with Gasteiger partial charge >= 0.3 is 0 Å². The maximum atomic E-state index is 12.1. The van der Waals surface area contributed by atoms with E-state index in [9.17, 15) is 4.79 Å². The van der Waals surface area contributed by atoms with Crippen molar-refractivity contribution in [3.63, 3.8) is 0 Å². The highest BCUT2D eigenvalue weighted by atomic mass is 35.5. The molecule has 0 heterocycles. The normalized spacial score (nSPS) is 18.3. The second-order valence-electron chi connectivity index (χ2n) is 5.63. The van der Waals surface area contributed by atoms with Gasteiger partial charge in [-0.15, -0.1) is 0 Å². The van der Waals surface area contributed by atoms with Gasteiger partial charge < -0.3 is 4.74 Å². The third kappa shape index (κ3) is 2.35. The second kappa shape index (κ2) is 4.65. The first-order valence-corrected chi connectivity index (χ1v) is 10.3. The number of rotatable bonds is 3. The molecule has 0 saturated heterocycles. The number of benzene rings is 1. The zero-order valence-electron chi connectivity index (χ0n) is 11.4. The van der Waals surface area contributed by atoms with Gasteiger partial charge in [0, 0.05) is 5.57 Å². The predicted molar refractivity (Wildman–Crippen MR) is 82.7 cm³/mol. The minimum Gasteiger partial charge on any atom is -0.497 e. The first kappa shape index (κ1) is 14.6. The van der Waals surface area contributed by atoms with Crippen LogP contribution in [-0.4, -0.2) is 25.3 Å². The fourth-order valence-electron chi connectivity index (χ4n) is 2.28. The fraction of sp³-hybridized carbons (Fsp3) is 0.357. The van der Waals surface area contributed by atoms with Crippen molar-refractivity contribution >= 4 is 42.6 Å². The molecule has 0 amide bonds. The van der Waals surface area contributed by atoms with Crippen molar-refractivity contribution in [2.45, 2.75) is 24.0 Å². The summed E-state index contributed by atoms with van der Waals surface area (Å²) in [6.45, 7) is 6.35. The number of ether oxygens (including phenoxy) is 1. The lowest BCUT2D eigenvalue weighted by molar-refractivity contribution is -0.115. The average molecular weight is 315 g/mol. The van der Waals surface area contributed by atoms with E-state index in [-0.39, 0.29) is 5.78 Å². The van der Waals surface area contributed by atoms with Gasteiger partial charge in [0.05, 0.1) is 15.2 Å². The summed E-state index contributed by atoms with van der Waals surface area (Å²) in [6, 6.07) is 7.47. The molecule has 0 radical (unpaired) electrons. The van der Waals surface area contributed by atoms with Crippen molar-refractivity contribution in [3.05, 3.63) is 35.0 Å². The summed E-state index contributed by atoms with van der Waals surface area (Å²) in [5.74, 6) is 0.625. The van der Waals surface area contributed by atoms with Crippen LogP contribution in [0.3, 0.4) is 0 Å². The van der Waals surface area contributed by atoms with E-state index in [0.29, 0.717) is 0 Å². The van der Waals surface area contributed by atoms with Crippen LogP contribution in [0.1, 0.15) is 5.56 Å². The molecule has 5 heteroatoms. The molecule has 1 aliphatic carbocycles. The topological polar surface area (TPSA) is 26.3 Å². The van der Waals surface area contributed by atoms with Crippen molar-refractivity contribution < 1.29 is 9.53 Å². The Balaban J connectivity index is 2.56. The number of carbonyl (C=O) groups excluding carboxylic acids is 1. The predicted octanol–water partition coefficient (Wildman–Crippen LogP) is 4.08. The van der Waals surface area contributed by atoms with E-state index in [1.165, 1.54) is 0 Å². The van der Waals surface area contributed by atoms with E-state index < -0.39 is 12.4 Å². The summed E-state index contributed by atoms with van der Waals surface area (Å²) in [4.78, 5) is 12.1. The smallest absolute Gasteiger partial charge is 0.205 e. The van der Waals surface area contributed by atoms with Crippen LogP contribution < -0.4 is 4.74 Å². The summed E-state index contributed by atoms with van der Waals surface area (Å²) >= 11 is 12.4. The lowest BCUT2D eigenvalue weighted by atomic mass is 9.89. The number of methoxy groups -OCH3 is 1. The molecule has 2 nitrogen and oxygen atoms in total. The number of allylic oxidation sites excluding steroid dienone is 2. The molecule has 19 heavy (non-hydrogen) atoms. The maximum absolute atomic E-state index is 12.1. The molecule has 0 bridgehead atoms. The summed E-state index contributed by atoms with van der Waals surface area (Å²) in [5.41, 5.74) is 1.66. The fourth-order valence-corrected chi connectivity index (χ4v) is 5.14. The molecule has 0 atom stereocenters. The second-order valence-corrected chi connectivity index (χ2v) is 12.0. The van der Waals surface area contributed by atoms with Crippen LogP contribution in [0.5, 0.6) is 5.75 Å². The molecule has 0 aliphatic heterocycles. The molecule has 0 fully saturated rings.